The van der Waals surface area contributed by atoms with Gasteiger partial charge in [-0.15, -0.1) is 0 Å². The van der Waals surface area contributed by atoms with Crippen LogP contribution in [0.5, 0.6) is 17.4 Å². The predicted octanol–water partition coefficient (Wildman–Crippen LogP) is 3.23. The lowest BCUT2D eigenvalue weighted by Crippen LogP contribution is -2.58. The van der Waals surface area contributed by atoms with E-state index in [-0.39, 0.29) is 22.5 Å². The molecule has 9 nitrogen and oxygen atoms in total. The summed E-state index contributed by atoms with van der Waals surface area (Å²) in [4.78, 5) is 30.7. The Morgan fingerprint density at radius 2 is 2.00 bits per heavy atom. The zero-order valence-electron chi connectivity index (χ0n) is 18.9. The van der Waals surface area contributed by atoms with Crippen LogP contribution in [-0.2, 0) is 9.59 Å². The summed E-state index contributed by atoms with van der Waals surface area (Å²) in [6, 6.07) is 10.5. The van der Waals surface area contributed by atoms with E-state index in [4.69, 9.17) is 9.47 Å². The molecular weight excluding hydrogens is 524 g/mol. The fraction of sp³-hybridized carbons (Fsp3) is 0.261. The molecule has 0 saturated carbocycles. The lowest BCUT2D eigenvalue weighted by molar-refractivity contribution is -0.764. The fourth-order valence-corrected chi connectivity index (χ4v) is 4.74. The average molecular weight is 545 g/mol. The fourth-order valence-electron chi connectivity index (χ4n) is 3.94. The van der Waals surface area contributed by atoms with Gasteiger partial charge >= 0.3 is 5.97 Å². The summed E-state index contributed by atoms with van der Waals surface area (Å²) in [5.41, 5.74) is 1.68. The van der Waals surface area contributed by atoms with Gasteiger partial charge in [-0.1, -0.05) is 44.5 Å². The summed E-state index contributed by atoms with van der Waals surface area (Å²) >= 11 is 4.70. The monoisotopic (exact) mass is 544 g/mol. The lowest BCUT2D eigenvalue weighted by atomic mass is 10.0. The molecule has 11 heteroatoms. The van der Waals surface area contributed by atoms with E-state index in [1.807, 2.05) is 6.92 Å². The molecule has 1 atom stereocenters. The van der Waals surface area contributed by atoms with Gasteiger partial charge in [-0.3, -0.25) is 9.59 Å². The summed E-state index contributed by atoms with van der Waals surface area (Å²) in [6.45, 7) is 4.84. The molecule has 1 amide bonds. The van der Waals surface area contributed by atoms with Crippen molar-refractivity contribution in [2.24, 2.45) is 0 Å². The van der Waals surface area contributed by atoms with Crippen molar-refractivity contribution in [3.05, 3.63) is 46.4 Å². The Bertz CT molecular complexity index is 1300. The predicted molar refractivity (Wildman–Crippen MR) is 127 cm³/mol. The second kappa shape index (κ2) is 9.59. The highest BCUT2D eigenvalue weighted by Crippen LogP contribution is 2.45. The maximum Gasteiger partial charge on any atom is 0.308 e. The van der Waals surface area contributed by atoms with Crippen LogP contribution in [0.4, 0.5) is 5.69 Å². The van der Waals surface area contributed by atoms with E-state index in [9.17, 15) is 14.7 Å². The van der Waals surface area contributed by atoms with Crippen LogP contribution in [-0.4, -0.2) is 34.8 Å². The summed E-state index contributed by atoms with van der Waals surface area (Å²) in [5, 5.41) is 18.0. The molecular formula is C23H21BrN4O5S. The minimum absolute atomic E-state index is 0.142. The van der Waals surface area contributed by atoms with E-state index in [1.165, 1.54) is 35.2 Å². The highest BCUT2D eigenvalue weighted by Gasteiger charge is 2.46. The molecule has 1 aliphatic heterocycles. The van der Waals surface area contributed by atoms with Crippen molar-refractivity contribution >= 4 is 45.3 Å². The Morgan fingerprint density at radius 3 is 2.65 bits per heavy atom. The smallest absolute Gasteiger partial charge is 0.308 e. The number of ether oxygens (including phenoxy) is 2. The number of carbonyl (C=O) groups excluding carboxylic acids is 2. The number of para-hydroxylation sites is 1. The van der Waals surface area contributed by atoms with E-state index < -0.39 is 18.0 Å². The normalized spacial score (nSPS) is 14.3. The van der Waals surface area contributed by atoms with Gasteiger partial charge in [0.15, 0.2) is 11.5 Å². The quantitative estimate of drug-likeness (QED) is 0.208. The van der Waals surface area contributed by atoms with Gasteiger partial charge < -0.3 is 14.6 Å². The van der Waals surface area contributed by atoms with Crippen LogP contribution >= 0.6 is 27.7 Å². The molecule has 34 heavy (non-hydrogen) atoms. The molecule has 176 valence electrons. The molecule has 1 aromatic heterocycles. The summed E-state index contributed by atoms with van der Waals surface area (Å²) in [5.74, 6) is -0.873. The van der Waals surface area contributed by atoms with Gasteiger partial charge in [0.2, 0.25) is 5.91 Å². The maximum absolute atomic E-state index is 13.2. The maximum atomic E-state index is 13.2. The summed E-state index contributed by atoms with van der Waals surface area (Å²) < 4.78 is 13.4. The first-order chi connectivity index (χ1) is 16.3. The summed E-state index contributed by atoms with van der Waals surface area (Å²) in [7, 11) is 0. The molecule has 0 aliphatic carbocycles. The van der Waals surface area contributed by atoms with E-state index >= 15 is 0 Å². The first kappa shape index (κ1) is 24.0. The highest BCUT2D eigenvalue weighted by atomic mass is 79.9. The highest BCUT2D eigenvalue weighted by molar-refractivity contribution is 9.10. The Morgan fingerprint density at radius 1 is 1.26 bits per heavy atom. The second-order valence-electron chi connectivity index (χ2n) is 7.33. The zero-order chi connectivity index (χ0) is 24.6. The van der Waals surface area contributed by atoms with Crippen LogP contribution in [0.15, 0.2) is 46.0 Å². The van der Waals surface area contributed by atoms with Gasteiger partial charge in [0.1, 0.15) is 0 Å². The molecule has 1 aliphatic rings. The first-order valence-corrected chi connectivity index (χ1v) is 12.4. The molecule has 0 radical (unpaired) electrons. The van der Waals surface area contributed by atoms with Gasteiger partial charge in [-0.2, -0.15) is 0 Å². The topological polar surface area (TPSA) is 109 Å². The number of carbonyl (C=O) groups is 2. The van der Waals surface area contributed by atoms with Crippen LogP contribution < -0.4 is 24.2 Å². The number of hydrogen-bond acceptors (Lipinski definition) is 8. The Balaban J connectivity index is 2.12. The average Bonchev–Trinajstić information content (AvgIpc) is 2.79. The molecule has 1 unspecified atom stereocenters. The molecule has 3 aromatic rings. The number of hydrogen-bond donors (Lipinski definition) is 0. The molecule has 2 heterocycles. The number of benzene rings is 2. The molecule has 0 spiro atoms. The van der Waals surface area contributed by atoms with Crippen LogP contribution in [0.25, 0.3) is 11.3 Å². The van der Waals surface area contributed by atoms with Crippen molar-refractivity contribution in [3.63, 3.8) is 0 Å². The molecule has 0 fully saturated rings. The number of fused-ring (bicyclic) bond motifs is 3. The van der Waals surface area contributed by atoms with Crippen LogP contribution in [0, 0.1) is 0 Å². The molecule has 2 aromatic carbocycles. The number of anilines is 1. The third-order valence-corrected chi connectivity index (χ3v) is 6.11. The molecule has 4 rings (SSSR count). The zero-order valence-corrected chi connectivity index (χ0v) is 21.3. The van der Waals surface area contributed by atoms with E-state index in [0.29, 0.717) is 33.6 Å². The van der Waals surface area contributed by atoms with Crippen molar-refractivity contribution in [2.45, 2.75) is 32.1 Å². The van der Waals surface area contributed by atoms with Gasteiger partial charge in [0.05, 0.1) is 29.3 Å². The number of esters is 1. The van der Waals surface area contributed by atoms with Gasteiger partial charge in [0.25, 0.3) is 17.0 Å². The van der Waals surface area contributed by atoms with Crippen molar-refractivity contribution < 1.29 is 28.9 Å². The minimum Gasteiger partial charge on any atom is -0.854 e. The largest absolute Gasteiger partial charge is 0.854 e. The number of halogens is 1. The number of rotatable bonds is 5. The minimum atomic E-state index is -0.949. The van der Waals surface area contributed by atoms with Crippen molar-refractivity contribution in [2.75, 3.05) is 17.8 Å². The Kier molecular flexibility index (Phi) is 6.76. The Labute approximate surface area is 208 Å². The number of nitrogens with zero attached hydrogens (tertiary/aromatic N) is 4. The number of thioether (sulfide) groups is 1. The molecule has 0 N–H and O–H groups in total. The van der Waals surface area contributed by atoms with Gasteiger partial charge in [-0.25, -0.2) is 9.88 Å². The van der Waals surface area contributed by atoms with Crippen molar-refractivity contribution in [1.29, 1.82) is 0 Å². The van der Waals surface area contributed by atoms with Gasteiger partial charge in [-0.05, 0) is 37.4 Å². The standard InChI is InChI=1S/C23H21BrN4O5S/c1-5-32-18-11-14(24)10-16(20(18)33-13(3)30)22-27(12(2)29)17-9-7-6-8-15(17)19-21(31)25-23(34-4)26-28(19)22/h6-11,22H,5H2,1-4H3. The van der Waals surface area contributed by atoms with E-state index in [1.54, 1.807) is 42.7 Å². The third-order valence-electron chi connectivity index (χ3n) is 5.11. The molecule has 0 bridgehead atoms. The number of aromatic nitrogens is 3. The third kappa shape index (κ3) is 4.21. The summed E-state index contributed by atoms with van der Waals surface area (Å²) in [6.07, 6.45) is 0.808. The van der Waals surface area contributed by atoms with Crippen LogP contribution in [0.2, 0.25) is 0 Å². The van der Waals surface area contributed by atoms with Gasteiger partial charge in [0, 0.05) is 23.4 Å². The van der Waals surface area contributed by atoms with E-state index in [0.717, 1.165) is 0 Å². The van der Waals surface area contributed by atoms with E-state index in [2.05, 4.69) is 26.0 Å². The number of amides is 1. The Hall–Kier alpha value is -3.18. The first-order valence-electron chi connectivity index (χ1n) is 10.4. The molecule has 0 saturated heterocycles. The SMILES string of the molecule is CCOc1cc(Br)cc(C2N(C(C)=O)c3ccccc3-c3c([O-])nc(SC)n[n+]32)c1OC(C)=O. The second-order valence-corrected chi connectivity index (χ2v) is 9.01. The lowest BCUT2D eigenvalue weighted by Gasteiger charge is -2.33. The van der Waals surface area contributed by atoms with Crippen molar-refractivity contribution in [1.82, 2.24) is 10.1 Å². The van der Waals surface area contributed by atoms with Crippen LogP contribution in [0.1, 0.15) is 32.5 Å². The van der Waals surface area contributed by atoms with Crippen LogP contribution in [0.3, 0.4) is 0 Å². The van der Waals surface area contributed by atoms with Crippen molar-refractivity contribution in [3.8, 4) is 28.6 Å².